The maximum atomic E-state index is 11.7. The summed E-state index contributed by atoms with van der Waals surface area (Å²) >= 11 is 0. The largest absolute Gasteiger partial charge is 0.480 e. The minimum atomic E-state index is -1.02. The molecule has 2 amide bonds. The van der Waals surface area contributed by atoms with Crippen LogP contribution in [0.4, 0.5) is 4.79 Å². The second-order valence-electron chi connectivity index (χ2n) is 6.06. The number of nitrogens with one attached hydrogen (secondary N) is 2. The Morgan fingerprint density at radius 2 is 2.11 bits per heavy atom. The molecule has 1 saturated heterocycles. The van der Waals surface area contributed by atoms with Gasteiger partial charge in [-0.2, -0.15) is 0 Å². The summed E-state index contributed by atoms with van der Waals surface area (Å²) in [6.45, 7) is 7.42. The molecule has 0 spiro atoms. The monoisotopic (exact) mass is 272 g/mol. The Labute approximate surface area is 113 Å². The number of carboxylic acids is 1. The number of carbonyl (C=O) groups is 2. The van der Waals surface area contributed by atoms with Crippen LogP contribution >= 0.6 is 0 Å². The maximum absolute atomic E-state index is 11.7. The highest BCUT2D eigenvalue weighted by Gasteiger charge is 2.32. The molecule has 0 aromatic carbocycles. The maximum Gasteiger partial charge on any atom is 0.326 e. The highest BCUT2D eigenvalue weighted by atomic mass is 16.5. The van der Waals surface area contributed by atoms with Gasteiger partial charge >= 0.3 is 12.0 Å². The summed E-state index contributed by atoms with van der Waals surface area (Å²) in [5.41, 5.74) is -0.525. The Morgan fingerprint density at radius 3 is 2.58 bits per heavy atom. The average molecular weight is 272 g/mol. The number of carbonyl (C=O) groups excluding carboxylic acids is 1. The van der Waals surface area contributed by atoms with E-state index in [0.29, 0.717) is 12.5 Å². The van der Waals surface area contributed by atoms with Crippen LogP contribution in [-0.4, -0.2) is 42.9 Å². The Kier molecular flexibility index (Phi) is 5.60. The molecule has 1 heterocycles. The van der Waals surface area contributed by atoms with Crippen molar-refractivity contribution in [2.75, 3.05) is 19.8 Å². The van der Waals surface area contributed by atoms with Gasteiger partial charge < -0.3 is 20.5 Å². The smallest absolute Gasteiger partial charge is 0.326 e. The second-order valence-corrected chi connectivity index (χ2v) is 6.06. The molecular formula is C13H24N2O4. The van der Waals surface area contributed by atoms with Crippen molar-refractivity contribution in [1.29, 1.82) is 0 Å². The van der Waals surface area contributed by atoms with Gasteiger partial charge in [0.05, 0.1) is 0 Å². The molecule has 1 aliphatic rings. The number of hydrogen-bond acceptors (Lipinski definition) is 3. The van der Waals surface area contributed by atoms with Crippen molar-refractivity contribution in [3.63, 3.8) is 0 Å². The van der Waals surface area contributed by atoms with E-state index in [4.69, 9.17) is 9.84 Å². The van der Waals surface area contributed by atoms with Gasteiger partial charge in [-0.3, -0.25) is 0 Å². The summed E-state index contributed by atoms with van der Waals surface area (Å²) in [6.07, 6.45) is 1.89. The Hall–Kier alpha value is -1.30. The van der Waals surface area contributed by atoms with E-state index in [-0.39, 0.29) is 0 Å². The van der Waals surface area contributed by atoms with E-state index in [2.05, 4.69) is 10.6 Å². The van der Waals surface area contributed by atoms with Crippen LogP contribution in [0.5, 0.6) is 0 Å². The Balaban J connectivity index is 2.30. The highest BCUT2D eigenvalue weighted by Crippen LogP contribution is 2.19. The van der Waals surface area contributed by atoms with Gasteiger partial charge in [-0.05, 0) is 24.2 Å². The van der Waals surface area contributed by atoms with Gasteiger partial charge in [-0.25, -0.2) is 9.59 Å². The third kappa shape index (κ3) is 5.46. The fourth-order valence-electron chi connectivity index (χ4n) is 2.03. The van der Waals surface area contributed by atoms with E-state index in [1.54, 1.807) is 20.8 Å². The standard InChI is InChI=1S/C13H24N2O4/c1-13(2,3)10(11(16)17)15-12(18)14-6-4-9-5-7-19-8-9/h9-10H,4-8H2,1-3H3,(H,16,17)(H2,14,15,18)/t9?,10-/m1/s1. The molecule has 1 unspecified atom stereocenters. The van der Waals surface area contributed by atoms with E-state index >= 15 is 0 Å². The fourth-order valence-corrected chi connectivity index (χ4v) is 2.03. The highest BCUT2D eigenvalue weighted by molar-refractivity contribution is 5.83. The van der Waals surface area contributed by atoms with Crippen molar-refractivity contribution in [3.05, 3.63) is 0 Å². The van der Waals surface area contributed by atoms with Crippen molar-refractivity contribution < 1.29 is 19.4 Å². The normalized spacial score (nSPS) is 20.9. The summed E-state index contributed by atoms with van der Waals surface area (Å²) in [6, 6.07) is -1.33. The van der Waals surface area contributed by atoms with Gasteiger partial charge in [0.15, 0.2) is 0 Å². The van der Waals surface area contributed by atoms with Gasteiger partial charge in [0.2, 0.25) is 0 Å². The molecular weight excluding hydrogens is 248 g/mol. The molecule has 1 fully saturated rings. The molecule has 0 radical (unpaired) electrons. The first kappa shape index (κ1) is 15.8. The topological polar surface area (TPSA) is 87.7 Å². The second kappa shape index (κ2) is 6.75. The van der Waals surface area contributed by atoms with Crippen molar-refractivity contribution in [2.45, 2.75) is 39.7 Å². The predicted molar refractivity (Wildman–Crippen MR) is 71.0 cm³/mol. The molecule has 1 rings (SSSR count). The zero-order valence-electron chi connectivity index (χ0n) is 11.9. The lowest BCUT2D eigenvalue weighted by Crippen LogP contribution is -2.52. The number of urea groups is 1. The summed E-state index contributed by atoms with van der Waals surface area (Å²) in [4.78, 5) is 22.8. The number of aliphatic carboxylic acids is 1. The van der Waals surface area contributed by atoms with Crippen LogP contribution in [0.25, 0.3) is 0 Å². The van der Waals surface area contributed by atoms with Crippen LogP contribution in [0.15, 0.2) is 0 Å². The molecule has 1 aliphatic heterocycles. The Morgan fingerprint density at radius 1 is 1.42 bits per heavy atom. The summed E-state index contributed by atoms with van der Waals surface area (Å²) in [5, 5.41) is 14.3. The number of amides is 2. The summed E-state index contributed by atoms with van der Waals surface area (Å²) in [5.74, 6) is -0.523. The number of carboxylic acid groups (broad SMARTS) is 1. The first-order chi connectivity index (χ1) is 8.80. The van der Waals surface area contributed by atoms with E-state index in [0.717, 1.165) is 26.1 Å². The van der Waals surface area contributed by atoms with Crippen LogP contribution in [0.3, 0.4) is 0 Å². The van der Waals surface area contributed by atoms with Gasteiger partial charge in [0.25, 0.3) is 0 Å². The SMILES string of the molecule is CC(C)(C)[C@H](NC(=O)NCCC1CCOC1)C(=O)O. The molecule has 19 heavy (non-hydrogen) atoms. The number of ether oxygens (including phenoxy) is 1. The van der Waals surface area contributed by atoms with Gasteiger partial charge in [-0.15, -0.1) is 0 Å². The van der Waals surface area contributed by atoms with E-state index < -0.39 is 23.5 Å². The van der Waals surface area contributed by atoms with Crippen LogP contribution in [0.2, 0.25) is 0 Å². The molecule has 0 saturated carbocycles. The first-order valence-electron chi connectivity index (χ1n) is 6.65. The minimum Gasteiger partial charge on any atom is -0.480 e. The van der Waals surface area contributed by atoms with E-state index in [1.165, 1.54) is 0 Å². The Bertz CT molecular complexity index is 319. The molecule has 0 aromatic heterocycles. The van der Waals surface area contributed by atoms with Crippen LogP contribution in [-0.2, 0) is 9.53 Å². The van der Waals surface area contributed by atoms with Crippen molar-refractivity contribution in [1.82, 2.24) is 10.6 Å². The zero-order chi connectivity index (χ0) is 14.5. The van der Waals surface area contributed by atoms with Crippen molar-refractivity contribution in [3.8, 4) is 0 Å². The molecule has 110 valence electrons. The predicted octanol–water partition coefficient (Wildman–Crippen LogP) is 1.21. The molecule has 0 bridgehead atoms. The number of hydrogen-bond donors (Lipinski definition) is 3. The third-order valence-corrected chi connectivity index (χ3v) is 3.25. The van der Waals surface area contributed by atoms with Gasteiger partial charge in [0, 0.05) is 19.8 Å². The molecule has 2 atom stereocenters. The van der Waals surface area contributed by atoms with Gasteiger partial charge in [0.1, 0.15) is 6.04 Å². The van der Waals surface area contributed by atoms with E-state index in [1.807, 2.05) is 0 Å². The summed E-state index contributed by atoms with van der Waals surface area (Å²) < 4.78 is 5.25. The average Bonchev–Trinajstić information content (AvgIpc) is 2.77. The molecule has 6 heteroatoms. The molecule has 6 nitrogen and oxygen atoms in total. The number of rotatable bonds is 5. The van der Waals surface area contributed by atoms with E-state index in [9.17, 15) is 9.59 Å². The van der Waals surface area contributed by atoms with Crippen LogP contribution in [0.1, 0.15) is 33.6 Å². The fraction of sp³-hybridized carbons (Fsp3) is 0.846. The molecule has 0 aromatic rings. The van der Waals surface area contributed by atoms with Crippen LogP contribution < -0.4 is 10.6 Å². The quantitative estimate of drug-likeness (QED) is 0.702. The lowest BCUT2D eigenvalue weighted by atomic mass is 9.87. The van der Waals surface area contributed by atoms with Crippen molar-refractivity contribution in [2.24, 2.45) is 11.3 Å². The van der Waals surface area contributed by atoms with Crippen LogP contribution in [0, 0.1) is 11.3 Å². The molecule has 0 aliphatic carbocycles. The molecule has 3 N–H and O–H groups in total. The van der Waals surface area contributed by atoms with Crippen molar-refractivity contribution >= 4 is 12.0 Å². The third-order valence-electron chi connectivity index (χ3n) is 3.25. The lowest BCUT2D eigenvalue weighted by Gasteiger charge is -2.27. The minimum absolute atomic E-state index is 0.429. The van der Waals surface area contributed by atoms with Gasteiger partial charge in [-0.1, -0.05) is 20.8 Å². The summed E-state index contributed by atoms with van der Waals surface area (Å²) in [7, 11) is 0. The lowest BCUT2D eigenvalue weighted by molar-refractivity contribution is -0.141. The first-order valence-corrected chi connectivity index (χ1v) is 6.65. The zero-order valence-corrected chi connectivity index (χ0v) is 11.9.